The molecular formula is C12H13N3OS. The quantitative estimate of drug-likeness (QED) is 0.896. The fraction of sp³-hybridized carbons (Fsp3) is 0.250. The molecular weight excluding hydrogens is 234 g/mol. The van der Waals surface area contributed by atoms with E-state index < -0.39 is 0 Å². The fourth-order valence-corrected chi connectivity index (χ4v) is 2.08. The van der Waals surface area contributed by atoms with Crippen molar-refractivity contribution in [3.8, 4) is 0 Å². The first kappa shape index (κ1) is 11.7. The normalized spacial score (nSPS) is 10.2. The number of thiazole rings is 1. The number of carbonyl (C=O) groups excluding carboxylic acids is 1. The molecule has 0 aromatic carbocycles. The standard InChI is InChI=1S/C12H13N3OS/c1-9-15-11(8-17-9)4-7-14-12(16)10-2-5-13-6-3-10/h2-3,5-6,8H,4,7H2,1H3,(H,14,16). The van der Waals surface area contributed by atoms with Crippen LogP contribution >= 0.6 is 11.3 Å². The van der Waals surface area contributed by atoms with Gasteiger partial charge in [0.2, 0.25) is 0 Å². The predicted molar refractivity (Wildman–Crippen MR) is 67.1 cm³/mol. The molecule has 2 rings (SSSR count). The molecule has 2 aromatic rings. The largest absolute Gasteiger partial charge is 0.352 e. The van der Waals surface area contributed by atoms with Gasteiger partial charge < -0.3 is 5.32 Å². The first-order valence-electron chi connectivity index (χ1n) is 5.35. The Labute approximate surface area is 104 Å². The van der Waals surface area contributed by atoms with E-state index in [1.54, 1.807) is 35.9 Å². The van der Waals surface area contributed by atoms with E-state index in [2.05, 4.69) is 15.3 Å². The molecule has 0 unspecified atom stereocenters. The second kappa shape index (κ2) is 5.54. The van der Waals surface area contributed by atoms with Gasteiger partial charge in [0, 0.05) is 36.3 Å². The molecule has 0 bridgehead atoms. The Morgan fingerprint density at radius 1 is 1.41 bits per heavy atom. The number of nitrogens with one attached hydrogen (secondary N) is 1. The third kappa shape index (κ3) is 3.35. The maximum Gasteiger partial charge on any atom is 0.251 e. The van der Waals surface area contributed by atoms with Crippen molar-refractivity contribution in [2.75, 3.05) is 6.54 Å². The van der Waals surface area contributed by atoms with Crippen LogP contribution in [0.15, 0.2) is 29.9 Å². The minimum atomic E-state index is -0.0700. The molecule has 17 heavy (non-hydrogen) atoms. The van der Waals surface area contributed by atoms with Gasteiger partial charge in [-0.3, -0.25) is 9.78 Å². The zero-order valence-corrected chi connectivity index (χ0v) is 10.3. The molecule has 2 heterocycles. The van der Waals surface area contributed by atoms with Gasteiger partial charge in [-0.15, -0.1) is 11.3 Å². The molecule has 0 saturated carbocycles. The van der Waals surface area contributed by atoms with E-state index in [9.17, 15) is 4.79 Å². The lowest BCUT2D eigenvalue weighted by molar-refractivity contribution is 0.0954. The van der Waals surface area contributed by atoms with Crippen molar-refractivity contribution >= 4 is 17.2 Å². The maximum absolute atomic E-state index is 11.7. The molecule has 0 spiro atoms. The summed E-state index contributed by atoms with van der Waals surface area (Å²) in [7, 11) is 0. The molecule has 1 N–H and O–H groups in total. The SMILES string of the molecule is Cc1nc(CCNC(=O)c2ccncc2)cs1. The number of pyridine rings is 1. The van der Waals surface area contributed by atoms with Crippen molar-refractivity contribution in [2.24, 2.45) is 0 Å². The number of amides is 1. The number of hydrogen-bond donors (Lipinski definition) is 1. The molecule has 5 heteroatoms. The average Bonchev–Trinajstić information content (AvgIpc) is 2.76. The number of aryl methyl sites for hydroxylation is 1. The van der Waals surface area contributed by atoms with Gasteiger partial charge in [0.25, 0.3) is 5.91 Å². The number of carbonyl (C=O) groups is 1. The Hall–Kier alpha value is -1.75. The molecule has 2 aromatic heterocycles. The van der Waals surface area contributed by atoms with Gasteiger partial charge in [0.1, 0.15) is 0 Å². The van der Waals surface area contributed by atoms with Crippen LogP contribution in [0.1, 0.15) is 21.1 Å². The predicted octanol–water partition coefficient (Wildman–Crippen LogP) is 1.82. The minimum Gasteiger partial charge on any atom is -0.352 e. The lowest BCUT2D eigenvalue weighted by atomic mass is 10.2. The summed E-state index contributed by atoms with van der Waals surface area (Å²) >= 11 is 1.63. The first-order chi connectivity index (χ1) is 8.25. The van der Waals surface area contributed by atoms with Crippen LogP contribution in [-0.2, 0) is 6.42 Å². The summed E-state index contributed by atoms with van der Waals surface area (Å²) in [4.78, 5) is 19.9. The smallest absolute Gasteiger partial charge is 0.251 e. The van der Waals surface area contributed by atoms with E-state index in [0.29, 0.717) is 12.1 Å². The topological polar surface area (TPSA) is 54.9 Å². The van der Waals surface area contributed by atoms with Crippen LogP contribution in [0.2, 0.25) is 0 Å². The summed E-state index contributed by atoms with van der Waals surface area (Å²) in [5.74, 6) is -0.0700. The van der Waals surface area contributed by atoms with Crippen LogP contribution in [0.25, 0.3) is 0 Å². The van der Waals surface area contributed by atoms with Crippen LogP contribution in [-0.4, -0.2) is 22.4 Å². The van der Waals surface area contributed by atoms with Gasteiger partial charge in [0.05, 0.1) is 10.7 Å². The van der Waals surface area contributed by atoms with Crippen LogP contribution in [0.5, 0.6) is 0 Å². The summed E-state index contributed by atoms with van der Waals surface area (Å²) in [6.07, 6.45) is 3.98. The number of hydrogen-bond acceptors (Lipinski definition) is 4. The van der Waals surface area contributed by atoms with Crippen molar-refractivity contribution in [2.45, 2.75) is 13.3 Å². The zero-order chi connectivity index (χ0) is 12.1. The second-order valence-electron chi connectivity index (χ2n) is 3.60. The third-order valence-electron chi connectivity index (χ3n) is 2.28. The molecule has 0 fully saturated rings. The highest BCUT2D eigenvalue weighted by Gasteiger charge is 2.04. The molecule has 0 saturated heterocycles. The Kier molecular flexibility index (Phi) is 3.82. The molecule has 88 valence electrons. The fourth-order valence-electron chi connectivity index (χ4n) is 1.43. The lowest BCUT2D eigenvalue weighted by Gasteiger charge is -2.03. The van der Waals surface area contributed by atoms with Crippen LogP contribution in [0, 0.1) is 6.92 Å². The molecule has 0 aliphatic heterocycles. The highest BCUT2D eigenvalue weighted by molar-refractivity contribution is 7.09. The summed E-state index contributed by atoms with van der Waals surface area (Å²) in [6, 6.07) is 3.39. The number of aromatic nitrogens is 2. The summed E-state index contributed by atoms with van der Waals surface area (Å²) in [5.41, 5.74) is 1.66. The van der Waals surface area contributed by atoms with E-state index in [1.165, 1.54) is 0 Å². The highest BCUT2D eigenvalue weighted by Crippen LogP contribution is 2.07. The molecule has 0 aliphatic rings. The average molecular weight is 247 g/mol. The molecule has 0 aliphatic carbocycles. The molecule has 0 atom stereocenters. The van der Waals surface area contributed by atoms with Crippen LogP contribution in [0.4, 0.5) is 0 Å². The van der Waals surface area contributed by atoms with Crippen molar-refractivity contribution in [3.63, 3.8) is 0 Å². The highest BCUT2D eigenvalue weighted by atomic mass is 32.1. The van der Waals surface area contributed by atoms with E-state index in [1.807, 2.05) is 12.3 Å². The number of nitrogens with zero attached hydrogens (tertiary/aromatic N) is 2. The number of rotatable bonds is 4. The molecule has 4 nitrogen and oxygen atoms in total. The van der Waals surface area contributed by atoms with E-state index in [4.69, 9.17) is 0 Å². The van der Waals surface area contributed by atoms with Crippen LogP contribution in [0.3, 0.4) is 0 Å². The zero-order valence-electron chi connectivity index (χ0n) is 9.51. The maximum atomic E-state index is 11.7. The summed E-state index contributed by atoms with van der Waals surface area (Å²) in [6.45, 7) is 2.58. The van der Waals surface area contributed by atoms with Gasteiger partial charge in [-0.05, 0) is 19.1 Å². The van der Waals surface area contributed by atoms with Gasteiger partial charge >= 0.3 is 0 Å². The third-order valence-corrected chi connectivity index (χ3v) is 3.10. The van der Waals surface area contributed by atoms with Crippen molar-refractivity contribution in [3.05, 3.63) is 46.2 Å². The Morgan fingerprint density at radius 2 is 2.18 bits per heavy atom. The van der Waals surface area contributed by atoms with Crippen molar-refractivity contribution in [1.29, 1.82) is 0 Å². The molecule has 0 radical (unpaired) electrons. The van der Waals surface area contributed by atoms with Gasteiger partial charge in [0.15, 0.2) is 0 Å². The van der Waals surface area contributed by atoms with Crippen LogP contribution < -0.4 is 5.32 Å². The van der Waals surface area contributed by atoms with E-state index in [-0.39, 0.29) is 5.91 Å². The van der Waals surface area contributed by atoms with Gasteiger partial charge in [-0.2, -0.15) is 0 Å². The van der Waals surface area contributed by atoms with Crippen molar-refractivity contribution in [1.82, 2.24) is 15.3 Å². The van der Waals surface area contributed by atoms with E-state index >= 15 is 0 Å². The van der Waals surface area contributed by atoms with Gasteiger partial charge in [-0.25, -0.2) is 4.98 Å². The Bertz CT molecular complexity index is 495. The first-order valence-corrected chi connectivity index (χ1v) is 6.23. The molecule has 1 amide bonds. The lowest BCUT2D eigenvalue weighted by Crippen LogP contribution is -2.25. The van der Waals surface area contributed by atoms with Gasteiger partial charge in [-0.1, -0.05) is 0 Å². The Morgan fingerprint density at radius 3 is 2.82 bits per heavy atom. The Balaban J connectivity index is 1.81. The monoisotopic (exact) mass is 247 g/mol. The second-order valence-corrected chi connectivity index (χ2v) is 4.66. The van der Waals surface area contributed by atoms with E-state index in [0.717, 1.165) is 17.1 Å². The van der Waals surface area contributed by atoms with Crippen molar-refractivity contribution < 1.29 is 4.79 Å². The minimum absolute atomic E-state index is 0.0700. The summed E-state index contributed by atoms with van der Waals surface area (Å²) in [5, 5.41) is 5.93. The summed E-state index contributed by atoms with van der Waals surface area (Å²) < 4.78 is 0.